The average molecular weight is 314 g/mol. The fourth-order valence-electron chi connectivity index (χ4n) is 2.28. The predicted molar refractivity (Wildman–Crippen MR) is 80.6 cm³/mol. The molecule has 3 heteroatoms. The smallest absolute Gasteiger partial charge is 0.0499 e. The Bertz CT molecular complexity index is 338. The lowest BCUT2D eigenvalue weighted by molar-refractivity contribution is 0.0731. The minimum Gasteiger partial charge on any atom is -0.396 e. The highest BCUT2D eigenvalue weighted by Gasteiger charge is 2.26. The average Bonchev–Trinajstić information content (AvgIpc) is 2.39. The van der Waals surface area contributed by atoms with Crippen molar-refractivity contribution in [2.75, 3.05) is 20.2 Å². The molecule has 1 N–H and O–H groups in total. The van der Waals surface area contributed by atoms with Gasteiger partial charge in [0.1, 0.15) is 0 Å². The summed E-state index contributed by atoms with van der Waals surface area (Å²) in [6, 6.07) is 8.42. The summed E-state index contributed by atoms with van der Waals surface area (Å²) in [5, 5.41) is 9.60. The van der Waals surface area contributed by atoms with E-state index in [-0.39, 0.29) is 12.0 Å². The second-order valence-electron chi connectivity index (χ2n) is 5.16. The van der Waals surface area contributed by atoms with Crippen LogP contribution < -0.4 is 0 Å². The summed E-state index contributed by atoms with van der Waals surface area (Å²) >= 11 is 3.45. The standard InChI is InChI=1S/C15H24BrNO/c1-4-15(5-2,12-18)11-17(3)10-13-6-8-14(16)9-7-13/h6-9,18H,4-5,10-12H2,1-3H3. The van der Waals surface area contributed by atoms with E-state index in [1.165, 1.54) is 5.56 Å². The molecule has 18 heavy (non-hydrogen) atoms. The van der Waals surface area contributed by atoms with Gasteiger partial charge in [0.25, 0.3) is 0 Å². The first-order valence-electron chi connectivity index (χ1n) is 6.59. The molecular weight excluding hydrogens is 290 g/mol. The van der Waals surface area contributed by atoms with Crippen molar-refractivity contribution in [3.05, 3.63) is 34.3 Å². The summed E-state index contributed by atoms with van der Waals surface area (Å²) in [6.07, 6.45) is 2.04. The predicted octanol–water partition coefficient (Wildman–Crippen LogP) is 3.68. The number of aliphatic hydroxyl groups excluding tert-OH is 1. The van der Waals surface area contributed by atoms with Gasteiger partial charge >= 0.3 is 0 Å². The molecule has 0 radical (unpaired) electrons. The third-order valence-electron chi connectivity index (χ3n) is 3.81. The van der Waals surface area contributed by atoms with Gasteiger partial charge in [0.2, 0.25) is 0 Å². The largest absolute Gasteiger partial charge is 0.396 e. The molecule has 1 rings (SSSR count). The molecule has 0 aliphatic rings. The first-order chi connectivity index (χ1) is 8.55. The van der Waals surface area contributed by atoms with Gasteiger partial charge in [-0.1, -0.05) is 41.9 Å². The van der Waals surface area contributed by atoms with Crippen LogP contribution in [0.5, 0.6) is 0 Å². The maximum Gasteiger partial charge on any atom is 0.0499 e. The topological polar surface area (TPSA) is 23.5 Å². The van der Waals surface area contributed by atoms with Crippen LogP contribution in [-0.4, -0.2) is 30.2 Å². The van der Waals surface area contributed by atoms with Crippen molar-refractivity contribution < 1.29 is 5.11 Å². The molecule has 0 spiro atoms. The highest BCUT2D eigenvalue weighted by Crippen LogP contribution is 2.27. The van der Waals surface area contributed by atoms with Crippen LogP contribution in [0.15, 0.2) is 28.7 Å². The molecular formula is C15H24BrNO. The van der Waals surface area contributed by atoms with Crippen molar-refractivity contribution >= 4 is 15.9 Å². The molecule has 0 unspecified atom stereocenters. The third-order valence-corrected chi connectivity index (χ3v) is 4.34. The molecule has 1 aromatic carbocycles. The number of aliphatic hydroxyl groups is 1. The van der Waals surface area contributed by atoms with E-state index in [0.717, 1.165) is 30.4 Å². The van der Waals surface area contributed by atoms with Crippen molar-refractivity contribution in [1.82, 2.24) is 4.90 Å². The molecule has 0 fully saturated rings. The van der Waals surface area contributed by atoms with Crippen LogP contribution in [0.4, 0.5) is 0 Å². The maximum absolute atomic E-state index is 9.60. The van der Waals surface area contributed by atoms with Gasteiger partial charge in [-0.3, -0.25) is 0 Å². The van der Waals surface area contributed by atoms with Gasteiger partial charge in [0, 0.05) is 29.6 Å². The van der Waals surface area contributed by atoms with Gasteiger partial charge in [-0.2, -0.15) is 0 Å². The molecule has 1 aromatic rings. The monoisotopic (exact) mass is 313 g/mol. The van der Waals surface area contributed by atoms with Crippen molar-refractivity contribution in [2.24, 2.45) is 5.41 Å². The number of halogens is 1. The van der Waals surface area contributed by atoms with Crippen LogP contribution in [0, 0.1) is 5.41 Å². The summed E-state index contributed by atoms with van der Waals surface area (Å²) in [4.78, 5) is 2.30. The lowest BCUT2D eigenvalue weighted by Crippen LogP contribution is -2.37. The SMILES string of the molecule is CCC(CC)(CO)CN(C)Cc1ccc(Br)cc1. The highest BCUT2D eigenvalue weighted by atomic mass is 79.9. The summed E-state index contributed by atoms with van der Waals surface area (Å²) in [6.45, 7) is 6.45. The number of hydrogen-bond donors (Lipinski definition) is 1. The van der Waals surface area contributed by atoms with Gasteiger partial charge in [0.05, 0.1) is 0 Å². The number of benzene rings is 1. The zero-order valence-electron chi connectivity index (χ0n) is 11.6. The quantitative estimate of drug-likeness (QED) is 0.830. The number of rotatable bonds is 7. The van der Waals surface area contributed by atoms with E-state index < -0.39 is 0 Å². The molecule has 0 amide bonds. The van der Waals surface area contributed by atoms with Gasteiger partial charge in [-0.25, -0.2) is 0 Å². The Morgan fingerprint density at radius 1 is 1.17 bits per heavy atom. The van der Waals surface area contributed by atoms with Crippen molar-refractivity contribution in [2.45, 2.75) is 33.2 Å². The lowest BCUT2D eigenvalue weighted by atomic mass is 9.83. The molecule has 2 nitrogen and oxygen atoms in total. The Labute approximate surface area is 119 Å². The minimum absolute atomic E-state index is 0.0457. The molecule has 0 saturated heterocycles. The van der Waals surface area contributed by atoms with Crippen LogP contribution in [0.1, 0.15) is 32.3 Å². The van der Waals surface area contributed by atoms with Gasteiger partial charge in [-0.05, 0) is 37.6 Å². The van der Waals surface area contributed by atoms with Gasteiger partial charge in [0.15, 0.2) is 0 Å². The van der Waals surface area contributed by atoms with Crippen molar-refractivity contribution in [3.63, 3.8) is 0 Å². The van der Waals surface area contributed by atoms with E-state index in [0.29, 0.717) is 0 Å². The van der Waals surface area contributed by atoms with Crippen molar-refractivity contribution in [3.8, 4) is 0 Å². The maximum atomic E-state index is 9.60. The van der Waals surface area contributed by atoms with Crippen LogP contribution in [0.25, 0.3) is 0 Å². The second-order valence-corrected chi connectivity index (χ2v) is 6.08. The summed E-state index contributed by atoms with van der Waals surface area (Å²) in [7, 11) is 2.12. The van der Waals surface area contributed by atoms with Crippen LogP contribution in [0.2, 0.25) is 0 Å². The van der Waals surface area contributed by atoms with Crippen LogP contribution in [0.3, 0.4) is 0 Å². The van der Waals surface area contributed by atoms with Gasteiger partial charge < -0.3 is 10.0 Å². The summed E-state index contributed by atoms with van der Waals surface area (Å²) < 4.78 is 1.11. The van der Waals surface area contributed by atoms with Crippen LogP contribution in [-0.2, 0) is 6.54 Å². The molecule has 0 atom stereocenters. The Balaban J connectivity index is 2.60. The fourth-order valence-corrected chi connectivity index (χ4v) is 2.54. The van der Waals surface area contributed by atoms with E-state index >= 15 is 0 Å². The second kappa shape index (κ2) is 7.27. The highest BCUT2D eigenvalue weighted by molar-refractivity contribution is 9.10. The van der Waals surface area contributed by atoms with E-state index in [1.54, 1.807) is 0 Å². The first-order valence-corrected chi connectivity index (χ1v) is 7.38. The Kier molecular flexibility index (Phi) is 6.33. The zero-order valence-corrected chi connectivity index (χ0v) is 13.2. The van der Waals surface area contributed by atoms with E-state index in [2.05, 4.69) is 66.0 Å². The lowest BCUT2D eigenvalue weighted by Gasteiger charge is -2.34. The normalized spacial score (nSPS) is 12.1. The number of hydrogen-bond acceptors (Lipinski definition) is 2. The molecule has 0 aromatic heterocycles. The molecule has 0 heterocycles. The zero-order chi connectivity index (χ0) is 13.6. The molecule has 0 aliphatic carbocycles. The van der Waals surface area contributed by atoms with E-state index in [1.807, 2.05) is 0 Å². The Morgan fingerprint density at radius 2 is 1.72 bits per heavy atom. The Hall–Kier alpha value is -0.380. The summed E-state index contributed by atoms with van der Waals surface area (Å²) in [5.74, 6) is 0. The van der Waals surface area contributed by atoms with Gasteiger partial charge in [-0.15, -0.1) is 0 Å². The van der Waals surface area contributed by atoms with Crippen molar-refractivity contribution in [1.29, 1.82) is 0 Å². The third kappa shape index (κ3) is 4.38. The number of nitrogens with zero attached hydrogens (tertiary/aromatic N) is 1. The molecule has 0 saturated carbocycles. The molecule has 0 bridgehead atoms. The van der Waals surface area contributed by atoms with Crippen LogP contribution >= 0.6 is 15.9 Å². The van der Waals surface area contributed by atoms with E-state index in [9.17, 15) is 5.11 Å². The molecule has 0 aliphatic heterocycles. The first kappa shape index (κ1) is 15.7. The fraction of sp³-hybridized carbons (Fsp3) is 0.600. The van der Waals surface area contributed by atoms with E-state index in [4.69, 9.17) is 0 Å². The Morgan fingerprint density at radius 3 is 2.17 bits per heavy atom. The summed E-state index contributed by atoms with van der Waals surface area (Å²) in [5.41, 5.74) is 1.35. The molecule has 102 valence electrons. The minimum atomic E-state index is 0.0457.